The third-order valence-corrected chi connectivity index (χ3v) is 4.00. The van der Waals surface area contributed by atoms with Gasteiger partial charge in [-0.15, -0.1) is 0 Å². The van der Waals surface area contributed by atoms with Gasteiger partial charge in [0.15, 0.2) is 0 Å². The second-order valence-electron chi connectivity index (χ2n) is 5.12. The number of aliphatic hydroxyl groups is 1. The molecule has 18 heavy (non-hydrogen) atoms. The summed E-state index contributed by atoms with van der Waals surface area (Å²) in [5.74, 6) is 0.894. The van der Waals surface area contributed by atoms with Crippen molar-refractivity contribution in [2.24, 2.45) is 0 Å². The fraction of sp³-hybridized carbons (Fsp3) is 0.571. The van der Waals surface area contributed by atoms with Crippen LogP contribution in [0.2, 0.25) is 0 Å². The Bertz CT molecular complexity index is 409. The lowest BCUT2D eigenvalue weighted by Gasteiger charge is -2.34. The summed E-state index contributed by atoms with van der Waals surface area (Å²) in [6.07, 6.45) is 0.967. The van der Waals surface area contributed by atoms with Gasteiger partial charge in [-0.25, -0.2) is 0 Å². The first-order chi connectivity index (χ1) is 8.63. The number of rotatable bonds is 4. The topological polar surface area (TPSA) is 35.9 Å². The van der Waals surface area contributed by atoms with E-state index in [1.54, 1.807) is 7.11 Å². The fourth-order valence-electron chi connectivity index (χ4n) is 2.59. The lowest BCUT2D eigenvalue weighted by atomic mass is 9.99. The van der Waals surface area contributed by atoms with Crippen molar-refractivity contribution < 1.29 is 9.84 Å². The van der Waals surface area contributed by atoms with Crippen molar-refractivity contribution in [2.75, 3.05) is 45.8 Å². The minimum Gasteiger partial charge on any atom is -0.495 e. The Hall–Kier alpha value is -1.26. The third-order valence-electron chi connectivity index (χ3n) is 4.00. The Morgan fingerprint density at radius 2 is 2.11 bits per heavy atom. The number of anilines is 1. The van der Waals surface area contributed by atoms with Gasteiger partial charge in [0, 0.05) is 13.1 Å². The highest BCUT2D eigenvalue weighted by atomic mass is 16.5. The number of nitrogens with zero attached hydrogens (tertiary/aromatic N) is 2. The van der Waals surface area contributed by atoms with E-state index in [4.69, 9.17) is 4.74 Å². The molecule has 1 N–H and O–H groups in total. The molecule has 1 unspecified atom stereocenters. The number of likely N-dealkylation sites (N-methyl/N-ethyl adjacent to an activating group) is 1. The molecule has 0 radical (unpaired) electrons. The fourth-order valence-corrected chi connectivity index (χ4v) is 2.59. The van der Waals surface area contributed by atoms with Crippen molar-refractivity contribution in [3.05, 3.63) is 24.3 Å². The van der Waals surface area contributed by atoms with Gasteiger partial charge in [-0.2, -0.15) is 0 Å². The van der Waals surface area contributed by atoms with Gasteiger partial charge in [-0.1, -0.05) is 12.1 Å². The first-order valence-corrected chi connectivity index (χ1v) is 6.29. The second-order valence-corrected chi connectivity index (χ2v) is 5.12. The lowest BCUT2D eigenvalue weighted by molar-refractivity contribution is 0.0866. The van der Waals surface area contributed by atoms with Crippen LogP contribution < -0.4 is 9.64 Å². The molecule has 1 aromatic rings. The van der Waals surface area contributed by atoms with E-state index in [1.807, 2.05) is 32.3 Å². The van der Waals surface area contributed by atoms with E-state index in [9.17, 15) is 5.11 Å². The monoisotopic (exact) mass is 250 g/mol. The molecule has 0 aliphatic carbocycles. The molecule has 1 aromatic carbocycles. The van der Waals surface area contributed by atoms with Crippen LogP contribution in [0.4, 0.5) is 5.69 Å². The second kappa shape index (κ2) is 5.16. The van der Waals surface area contributed by atoms with Gasteiger partial charge >= 0.3 is 0 Å². The first kappa shape index (κ1) is 13.2. The summed E-state index contributed by atoms with van der Waals surface area (Å²) in [6, 6.07) is 8.04. The molecule has 1 atom stereocenters. The first-order valence-electron chi connectivity index (χ1n) is 6.29. The zero-order valence-corrected chi connectivity index (χ0v) is 11.4. The molecule has 1 saturated heterocycles. The van der Waals surface area contributed by atoms with E-state index in [0.717, 1.165) is 30.9 Å². The Morgan fingerprint density at radius 3 is 2.67 bits per heavy atom. The van der Waals surface area contributed by atoms with Crippen molar-refractivity contribution in [2.45, 2.75) is 12.0 Å². The molecule has 100 valence electrons. The summed E-state index contributed by atoms with van der Waals surface area (Å²) >= 11 is 0. The maximum absolute atomic E-state index is 9.68. The zero-order valence-electron chi connectivity index (χ0n) is 11.4. The summed E-state index contributed by atoms with van der Waals surface area (Å²) < 4.78 is 5.40. The van der Waals surface area contributed by atoms with Gasteiger partial charge in [0.2, 0.25) is 0 Å². The summed E-state index contributed by atoms with van der Waals surface area (Å²) in [5, 5.41) is 9.68. The largest absolute Gasteiger partial charge is 0.495 e. The van der Waals surface area contributed by atoms with E-state index in [-0.39, 0.29) is 12.1 Å². The number of benzene rings is 1. The molecule has 1 fully saturated rings. The molecule has 0 spiro atoms. The quantitative estimate of drug-likeness (QED) is 0.871. The number of para-hydroxylation sites is 2. The number of aliphatic hydroxyl groups excluding tert-OH is 1. The van der Waals surface area contributed by atoms with E-state index >= 15 is 0 Å². The Labute approximate surface area is 109 Å². The normalized spacial score (nSPS) is 23.7. The summed E-state index contributed by atoms with van der Waals surface area (Å²) in [7, 11) is 5.75. The van der Waals surface area contributed by atoms with Crippen LogP contribution in [-0.2, 0) is 0 Å². The maximum atomic E-state index is 9.68. The van der Waals surface area contributed by atoms with Crippen molar-refractivity contribution in [3.63, 3.8) is 0 Å². The molecule has 4 heteroatoms. The van der Waals surface area contributed by atoms with Gasteiger partial charge < -0.3 is 14.7 Å². The van der Waals surface area contributed by atoms with E-state index in [0.29, 0.717) is 0 Å². The average Bonchev–Trinajstić information content (AvgIpc) is 2.84. The molecule has 1 aliphatic rings. The predicted octanol–water partition coefficient (Wildman–Crippen LogP) is 1.20. The molecule has 0 bridgehead atoms. The Morgan fingerprint density at radius 1 is 1.39 bits per heavy atom. The highest BCUT2D eigenvalue weighted by molar-refractivity contribution is 5.59. The molecular formula is C14H22N2O2. The van der Waals surface area contributed by atoms with E-state index in [1.165, 1.54) is 0 Å². The number of methoxy groups -OCH3 is 1. The van der Waals surface area contributed by atoms with E-state index in [2.05, 4.69) is 15.9 Å². The van der Waals surface area contributed by atoms with Gasteiger partial charge in [0.05, 0.1) is 24.9 Å². The van der Waals surface area contributed by atoms with Crippen LogP contribution in [0.25, 0.3) is 0 Å². The summed E-state index contributed by atoms with van der Waals surface area (Å²) in [6.45, 7) is 1.96. The number of hydrogen-bond donors (Lipinski definition) is 1. The van der Waals surface area contributed by atoms with Gasteiger partial charge in [0.1, 0.15) is 5.75 Å². The van der Waals surface area contributed by atoms with Gasteiger partial charge in [-0.3, -0.25) is 4.90 Å². The maximum Gasteiger partial charge on any atom is 0.142 e. The minimum absolute atomic E-state index is 0.138. The van der Waals surface area contributed by atoms with Crippen LogP contribution in [0.5, 0.6) is 5.75 Å². The van der Waals surface area contributed by atoms with Crippen LogP contribution in [-0.4, -0.2) is 56.4 Å². The molecule has 0 saturated carbocycles. The molecule has 1 aliphatic heterocycles. The van der Waals surface area contributed by atoms with Crippen LogP contribution in [0, 0.1) is 0 Å². The van der Waals surface area contributed by atoms with Crippen molar-refractivity contribution in [3.8, 4) is 5.75 Å². The average molecular weight is 250 g/mol. The molecule has 4 nitrogen and oxygen atoms in total. The number of ether oxygens (including phenoxy) is 1. The smallest absolute Gasteiger partial charge is 0.142 e. The highest BCUT2D eigenvalue weighted by Crippen LogP contribution is 2.34. The molecule has 0 amide bonds. The van der Waals surface area contributed by atoms with Crippen molar-refractivity contribution in [1.29, 1.82) is 0 Å². The summed E-state index contributed by atoms with van der Waals surface area (Å²) in [5.41, 5.74) is 0.970. The van der Waals surface area contributed by atoms with Crippen molar-refractivity contribution >= 4 is 5.69 Å². The predicted molar refractivity (Wildman–Crippen MR) is 73.3 cm³/mol. The summed E-state index contributed by atoms with van der Waals surface area (Å²) in [4.78, 5) is 4.41. The van der Waals surface area contributed by atoms with Crippen LogP contribution >= 0.6 is 0 Å². The standard InChI is InChI=1S/C14H22N2O2/c1-15(2)14(11-17)8-9-16(10-14)12-6-4-5-7-13(12)18-3/h4-7,17H,8-11H2,1-3H3. The van der Waals surface area contributed by atoms with Gasteiger partial charge in [-0.05, 0) is 32.6 Å². The lowest BCUT2D eigenvalue weighted by Crippen LogP contribution is -2.49. The van der Waals surface area contributed by atoms with Crippen molar-refractivity contribution in [1.82, 2.24) is 4.90 Å². The number of hydrogen-bond acceptors (Lipinski definition) is 4. The Kier molecular flexibility index (Phi) is 3.78. The molecule has 0 aromatic heterocycles. The SMILES string of the molecule is COc1ccccc1N1CCC(CO)(N(C)C)C1. The van der Waals surface area contributed by atoms with E-state index < -0.39 is 0 Å². The Balaban J connectivity index is 2.22. The van der Waals surface area contributed by atoms with Crippen LogP contribution in [0.3, 0.4) is 0 Å². The van der Waals surface area contributed by atoms with Crippen LogP contribution in [0.1, 0.15) is 6.42 Å². The minimum atomic E-state index is -0.138. The zero-order chi connectivity index (χ0) is 13.2. The molecule has 2 rings (SSSR count). The molecule has 1 heterocycles. The molecular weight excluding hydrogens is 228 g/mol. The third kappa shape index (κ3) is 2.18. The van der Waals surface area contributed by atoms with Gasteiger partial charge in [0.25, 0.3) is 0 Å². The highest BCUT2D eigenvalue weighted by Gasteiger charge is 2.40. The van der Waals surface area contributed by atoms with Crippen LogP contribution in [0.15, 0.2) is 24.3 Å².